The van der Waals surface area contributed by atoms with Gasteiger partial charge in [0.1, 0.15) is 11.6 Å². The molecule has 38 heavy (non-hydrogen) atoms. The van der Waals surface area contributed by atoms with Crippen LogP contribution in [0.15, 0.2) is 47.5 Å². The summed E-state index contributed by atoms with van der Waals surface area (Å²) in [6, 6.07) is 14.3. The molecule has 5 heteroatoms. The molecular weight excluding hydrogens is 472 g/mol. The van der Waals surface area contributed by atoms with Crippen LogP contribution in [0.4, 0.5) is 0 Å². The van der Waals surface area contributed by atoms with E-state index >= 15 is 0 Å². The monoisotopic (exact) mass is 520 g/mol. The van der Waals surface area contributed by atoms with E-state index in [0.29, 0.717) is 18.0 Å². The van der Waals surface area contributed by atoms with Crippen molar-refractivity contribution in [1.82, 2.24) is 4.90 Å². The summed E-state index contributed by atoms with van der Waals surface area (Å²) in [5.74, 6) is 2.00. The van der Waals surface area contributed by atoms with E-state index in [4.69, 9.17) is 4.99 Å². The molecule has 1 aliphatic rings. The lowest BCUT2D eigenvalue weighted by molar-refractivity contribution is 0.0963. The summed E-state index contributed by atoms with van der Waals surface area (Å²) in [7, 11) is 0. The van der Waals surface area contributed by atoms with Gasteiger partial charge in [0.25, 0.3) is 0 Å². The average molecular weight is 521 g/mol. The molecular formula is C33H48N2O3. The van der Waals surface area contributed by atoms with Crippen molar-refractivity contribution >= 4 is 11.6 Å². The topological polar surface area (TPSA) is 73.1 Å². The highest BCUT2D eigenvalue weighted by Gasteiger charge is 2.38. The Morgan fingerprint density at radius 2 is 1.61 bits per heavy atom. The molecule has 0 bridgehead atoms. The highest BCUT2D eigenvalue weighted by atomic mass is 16.3. The number of amidine groups is 1. The number of carbonyl (C=O) groups is 1. The van der Waals surface area contributed by atoms with Gasteiger partial charge in [-0.25, -0.2) is 0 Å². The van der Waals surface area contributed by atoms with Crippen LogP contribution in [-0.4, -0.2) is 53.0 Å². The molecule has 0 saturated carbocycles. The van der Waals surface area contributed by atoms with Crippen molar-refractivity contribution in [1.29, 1.82) is 0 Å². The second kappa shape index (κ2) is 12.5. The molecule has 208 valence electrons. The molecule has 2 N–H and O–H groups in total. The Morgan fingerprint density at radius 1 is 1.00 bits per heavy atom. The van der Waals surface area contributed by atoms with Crippen molar-refractivity contribution < 1.29 is 15.0 Å². The lowest BCUT2D eigenvalue weighted by Crippen LogP contribution is -2.34. The van der Waals surface area contributed by atoms with E-state index in [-0.39, 0.29) is 41.4 Å². The molecule has 2 atom stereocenters. The summed E-state index contributed by atoms with van der Waals surface area (Å²) in [5, 5.41) is 20.7. The average Bonchev–Trinajstić information content (AvgIpc) is 3.16. The quantitative estimate of drug-likeness (QED) is 0.349. The molecule has 2 aromatic rings. The van der Waals surface area contributed by atoms with Gasteiger partial charge in [-0.15, -0.1) is 0 Å². The largest absolute Gasteiger partial charge is 0.507 e. The van der Waals surface area contributed by atoms with Crippen LogP contribution in [-0.2, 0) is 17.3 Å². The maximum atomic E-state index is 13.8. The third-order valence-corrected chi connectivity index (χ3v) is 7.68. The van der Waals surface area contributed by atoms with Gasteiger partial charge in [-0.3, -0.25) is 9.79 Å². The van der Waals surface area contributed by atoms with Crippen molar-refractivity contribution in [3.8, 4) is 5.75 Å². The number of aromatic hydroxyl groups is 1. The number of hydrogen-bond donors (Lipinski definition) is 2. The zero-order valence-corrected chi connectivity index (χ0v) is 24.6. The van der Waals surface area contributed by atoms with E-state index in [1.54, 1.807) is 0 Å². The molecule has 0 aliphatic carbocycles. The normalized spacial score (nSPS) is 19.4. The number of phenols is 1. The van der Waals surface area contributed by atoms with Crippen LogP contribution in [0.3, 0.4) is 0 Å². The van der Waals surface area contributed by atoms with Gasteiger partial charge >= 0.3 is 0 Å². The van der Waals surface area contributed by atoms with Crippen LogP contribution in [0.25, 0.3) is 0 Å². The van der Waals surface area contributed by atoms with Gasteiger partial charge in [0, 0.05) is 29.2 Å². The Hall–Kier alpha value is -2.66. The van der Waals surface area contributed by atoms with Gasteiger partial charge < -0.3 is 15.1 Å². The Balaban J connectivity index is 1.93. The zero-order chi connectivity index (χ0) is 28.1. The van der Waals surface area contributed by atoms with Crippen LogP contribution in [0, 0.1) is 11.8 Å². The molecule has 1 fully saturated rings. The number of rotatable bonds is 10. The SMILES string of the molecule is CCC[C@H]1CN(CC(=O)c2cc(C(C)(C)C)c(O)c(C(C)(C)C)c2)C(=NCCO)[C@@H]1CCc1ccccc1. The van der Waals surface area contributed by atoms with Gasteiger partial charge in [-0.2, -0.15) is 0 Å². The fourth-order valence-corrected chi connectivity index (χ4v) is 5.67. The van der Waals surface area contributed by atoms with E-state index in [1.165, 1.54) is 5.56 Å². The molecule has 3 rings (SSSR count). The number of aliphatic imine (C=N–C) groups is 1. The summed E-state index contributed by atoms with van der Waals surface area (Å²) in [6.45, 7) is 16.0. The number of likely N-dealkylation sites (tertiary alicyclic amines) is 1. The third kappa shape index (κ3) is 7.25. The van der Waals surface area contributed by atoms with Crippen LogP contribution in [0.2, 0.25) is 0 Å². The molecule has 0 radical (unpaired) electrons. The van der Waals surface area contributed by atoms with Crippen molar-refractivity contribution in [3.63, 3.8) is 0 Å². The van der Waals surface area contributed by atoms with Crippen molar-refractivity contribution in [3.05, 3.63) is 64.7 Å². The molecule has 0 amide bonds. The zero-order valence-electron chi connectivity index (χ0n) is 24.6. The highest BCUT2D eigenvalue weighted by molar-refractivity contribution is 6.01. The predicted molar refractivity (Wildman–Crippen MR) is 157 cm³/mol. The lowest BCUT2D eigenvalue weighted by Gasteiger charge is -2.28. The van der Waals surface area contributed by atoms with Gasteiger partial charge in [-0.1, -0.05) is 85.2 Å². The van der Waals surface area contributed by atoms with E-state index in [1.807, 2.05) is 18.2 Å². The number of aryl methyl sites for hydroxylation is 1. The van der Waals surface area contributed by atoms with Gasteiger partial charge in [0.15, 0.2) is 5.78 Å². The minimum absolute atomic E-state index is 0.00299. The first-order valence-corrected chi connectivity index (χ1v) is 14.2. The van der Waals surface area contributed by atoms with Gasteiger partial charge in [-0.05, 0) is 53.7 Å². The first-order chi connectivity index (χ1) is 17.9. The minimum Gasteiger partial charge on any atom is -0.507 e. The number of carbonyl (C=O) groups excluding carboxylic acids is 1. The smallest absolute Gasteiger partial charge is 0.182 e. The Morgan fingerprint density at radius 3 is 2.13 bits per heavy atom. The first-order valence-electron chi connectivity index (χ1n) is 14.2. The summed E-state index contributed by atoms with van der Waals surface area (Å²) in [6.07, 6.45) is 4.12. The van der Waals surface area contributed by atoms with E-state index in [0.717, 1.165) is 49.2 Å². The summed E-state index contributed by atoms with van der Waals surface area (Å²) >= 11 is 0. The Labute approximate surface area is 230 Å². The Kier molecular flexibility index (Phi) is 9.80. The molecule has 2 aromatic carbocycles. The van der Waals surface area contributed by atoms with Crippen molar-refractivity contribution in [2.24, 2.45) is 16.8 Å². The number of benzene rings is 2. The number of aliphatic hydroxyl groups is 1. The van der Waals surface area contributed by atoms with Crippen molar-refractivity contribution in [2.45, 2.75) is 85.0 Å². The molecule has 1 saturated heterocycles. The summed E-state index contributed by atoms with van der Waals surface area (Å²) in [5.41, 5.74) is 2.96. The first kappa shape index (κ1) is 29.9. The number of Topliss-reactive ketones (excluding diaryl/α,β-unsaturated/α-hetero) is 1. The minimum atomic E-state index is -0.295. The van der Waals surface area contributed by atoms with E-state index in [9.17, 15) is 15.0 Å². The summed E-state index contributed by atoms with van der Waals surface area (Å²) < 4.78 is 0. The van der Waals surface area contributed by atoms with Crippen LogP contribution in [0.5, 0.6) is 5.75 Å². The standard InChI is InChI=1S/C33H48N2O3/c1-8-12-24-21-35(31(34-17-18-36)26(24)16-15-23-13-10-9-11-14-23)22-29(37)25-19-27(32(2,3)4)30(38)28(20-25)33(5,6)7/h9-11,13-14,19-20,24,26,36,38H,8,12,15-18,21-22H2,1-7H3/t24-,26+/m0/s1. The lowest BCUT2D eigenvalue weighted by atomic mass is 9.78. The molecule has 1 heterocycles. The fourth-order valence-electron chi connectivity index (χ4n) is 5.67. The molecule has 0 spiro atoms. The van der Waals surface area contributed by atoms with Gasteiger partial charge in [0.2, 0.25) is 0 Å². The number of nitrogens with zero attached hydrogens (tertiary/aromatic N) is 2. The molecule has 0 unspecified atom stereocenters. The third-order valence-electron chi connectivity index (χ3n) is 7.68. The second-order valence-corrected chi connectivity index (χ2v) is 12.9. The molecule has 5 nitrogen and oxygen atoms in total. The second-order valence-electron chi connectivity index (χ2n) is 12.9. The van der Waals surface area contributed by atoms with Gasteiger partial charge in [0.05, 0.1) is 19.7 Å². The van der Waals surface area contributed by atoms with Crippen LogP contribution >= 0.6 is 0 Å². The number of aliphatic hydroxyl groups excluding tert-OH is 1. The Bertz CT molecular complexity index is 1070. The summed E-state index contributed by atoms with van der Waals surface area (Å²) in [4.78, 5) is 20.8. The van der Waals surface area contributed by atoms with Crippen LogP contribution < -0.4 is 0 Å². The number of phenolic OH excluding ortho intramolecular Hbond substituents is 1. The number of hydrogen-bond acceptors (Lipinski definition) is 4. The van der Waals surface area contributed by atoms with Crippen LogP contribution in [0.1, 0.15) is 94.8 Å². The maximum absolute atomic E-state index is 13.8. The number of ketones is 1. The van der Waals surface area contributed by atoms with E-state index in [2.05, 4.69) is 77.6 Å². The maximum Gasteiger partial charge on any atom is 0.182 e. The fraction of sp³-hybridized carbons (Fsp3) is 0.576. The van der Waals surface area contributed by atoms with Crippen molar-refractivity contribution in [2.75, 3.05) is 26.2 Å². The predicted octanol–water partition coefficient (Wildman–Crippen LogP) is 6.54. The highest BCUT2D eigenvalue weighted by Crippen LogP contribution is 2.40. The van der Waals surface area contributed by atoms with E-state index < -0.39 is 0 Å². The molecule has 1 aliphatic heterocycles. The molecule has 0 aromatic heterocycles.